The van der Waals surface area contributed by atoms with Crippen LogP contribution in [-0.2, 0) is 0 Å². The molecule has 0 radical (unpaired) electrons. The van der Waals surface area contributed by atoms with E-state index < -0.39 is 5.82 Å². The Bertz CT molecular complexity index is 446. The summed E-state index contributed by atoms with van der Waals surface area (Å²) < 4.78 is 13.5. The maximum atomic E-state index is 13.1. The van der Waals surface area contributed by atoms with Crippen LogP contribution in [0, 0.1) is 5.82 Å². The maximum Gasteiger partial charge on any atom is 0.252 e. The molecule has 0 bridgehead atoms. The number of hydrogen-bond acceptors (Lipinski definition) is 4. The number of nitrogens with two attached hydrogens (primary N) is 1. The van der Waals surface area contributed by atoms with Crippen molar-refractivity contribution in [2.75, 3.05) is 30.4 Å². The van der Waals surface area contributed by atoms with E-state index in [1.54, 1.807) is 11.8 Å². The minimum Gasteiger partial charge on any atom is -0.396 e. The van der Waals surface area contributed by atoms with Crippen molar-refractivity contribution in [2.45, 2.75) is 6.42 Å². The smallest absolute Gasteiger partial charge is 0.252 e. The number of carbonyl (C=O) groups is 1. The van der Waals surface area contributed by atoms with Gasteiger partial charge in [0.25, 0.3) is 5.91 Å². The molecule has 0 heterocycles. The molecule has 7 heteroatoms. The Balaban J connectivity index is 2.43. The molecule has 0 unspecified atom stereocenters. The Hall–Kier alpha value is -0.790. The summed E-state index contributed by atoms with van der Waals surface area (Å²) in [6.07, 6.45) is 0.749. The van der Waals surface area contributed by atoms with Crippen molar-refractivity contribution in [1.29, 1.82) is 0 Å². The Labute approximate surface area is 124 Å². The quantitative estimate of drug-likeness (QED) is 0.519. The fraction of sp³-hybridized carbons (Fsp3) is 0.417. The highest BCUT2D eigenvalue weighted by molar-refractivity contribution is 9.10. The normalized spacial score (nSPS) is 10.5. The van der Waals surface area contributed by atoms with Gasteiger partial charge in [-0.3, -0.25) is 4.79 Å². The van der Waals surface area contributed by atoms with Crippen LogP contribution in [0.25, 0.3) is 0 Å². The molecule has 4 nitrogen and oxygen atoms in total. The third-order valence-electron chi connectivity index (χ3n) is 2.31. The highest BCUT2D eigenvalue weighted by atomic mass is 79.9. The van der Waals surface area contributed by atoms with Crippen LogP contribution in [0.5, 0.6) is 0 Å². The van der Waals surface area contributed by atoms with Crippen LogP contribution < -0.4 is 11.1 Å². The Morgan fingerprint density at radius 2 is 2.21 bits per heavy atom. The maximum absolute atomic E-state index is 13.1. The lowest BCUT2D eigenvalue weighted by Crippen LogP contribution is -2.26. The van der Waals surface area contributed by atoms with Crippen molar-refractivity contribution in [2.24, 2.45) is 0 Å². The Kier molecular flexibility index (Phi) is 7.19. The molecule has 0 aliphatic rings. The lowest BCUT2D eigenvalue weighted by Gasteiger charge is -2.08. The predicted octanol–water partition coefficient (Wildman–Crippen LogP) is 2.02. The molecular weight excluding hydrogens is 335 g/mol. The van der Waals surface area contributed by atoms with Gasteiger partial charge in [-0.1, -0.05) is 0 Å². The molecule has 1 aromatic carbocycles. The van der Waals surface area contributed by atoms with Crippen molar-refractivity contribution in [3.63, 3.8) is 0 Å². The zero-order valence-electron chi connectivity index (χ0n) is 10.3. The predicted molar refractivity (Wildman–Crippen MR) is 79.9 cm³/mol. The summed E-state index contributed by atoms with van der Waals surface area (Å²) >= 11 is 4.79. The number of aliphatic hydroxyl groups is 1. The number of thioether (sulfide) groups is 1. The van der Waals surface area contributed by atoms with Gasteiger partial charge in [-0.2, -0.15) is 11.8 Å². The lowest BCUT2D eigenvalue weighted by atomic mass is 10.2. The minimum atomic E-state index is -0.553. The van der Waals surface area contributed by atoms with Crippen molar-refractivity contribution < 1.29 is 14.3 Å². The van der Waals surface area contributed by atoms with E-state index in [-0.39, 0.29) is 18.2 Å². The molecule has 0 fully saturated rings. The zero-order chi connectivity index (χ0) is 14.3. The van der Waals surface area contributed by atoms with Crippen molar-refractivity contribution in [3.8, 4) is 0 Å². The summed E-state index contributed by atoms with van der Waals surface area (Å²) in [6.45, 7) is 0.694. The van der Waals surface area contributed by atoms with Gasteiger partial charge in [0.15, 0.2) is 0 Å². The second-order valence-electron chi connectivity index (χ2n) is 3.80. The van der Waals surface area contributed by atoms with Gasteiger partial charge in [0, 0.05) is 23.4 Å². The molecular formula is C12H16BrFN2O2S. The molecule has 0 saturated heterocycles. The minimum absolute atomic E-state index is 0.0503. The van der Waals surface area contributed by atoms with Crippen LogP contribution in [-0.4, -0.2) is 35.7 Å². The van der Waals surface area contributed by atoms with Crippen LogP contribution in [0.3, 0.4) is 0 Å². The number of amides is 1. The third-order valence-corrected chi connectivity index (χ3v) is 4.04. The number of hydrogen-bond donors (Lipinski definition) is 3. The van der Waals surface area contributed by atoms with Crippen LogP contribution in [0.1, 0.15) is 16.8 Å². The average molecular weight is 351 g/mol. The van der Waals surface area contributed by atoms with Gasteiger partial charge in [-0.25, -0.2) is 4.39 Å². The summed E-state index contributed by atoms with van der Waals surface area (Å²) in [5.41, 5.74) is 5.70. The molecule has 0 atom stereocenters. The monoisotopic (exact) mass is 350 g/mol. The fourth-order valence-electron chi connectivity index (χ4n) is 1.34. The molecule has 1 aromatic rings. The number of carbonyl (C=O) groups excluding carboxylic acids is 1. The number of rotatable bonds is 7. The van der Waals surface area contributed by atoms with Gasteiger partial charge in [0.2, 0.25) is 0 Å². The van der Waals surface area contributed by atoms with E-state index in [0.29, 0.717) is 16.6 Å². The van der Waals surface area contributed by atoms with Crippen LogP contribution in [0.15, 0.2) is 16.6 Å². The van der Waals surface area contributed by atoms with E-state index in [4.69, 9.17) is 10.8 Å². The first-order valence-electron chi connectivity index (χ1n) is 5.77. The summed E-state index contributed by atoms with van der Waals surface area (Å²) in [5, 5.41) is 11.3. The molecule has 1 amide bonds. The fourth-order valence-corrected chi connectivity index (χ4v) is 2.62. The van der Waals surface area contributed by atoms with Gasteiger partial charge in [0.05, 0.1) is 11.3 Å². The van der Waals surface area contributed by atoms with Crippen LogP contribution >= 0.6 is 27.7 Å². The van der Waals surface area contributed by atoms with Gasteiger partial charge >= 0.3 is 0 Å². The Morgan fingerprint density at radius 1 is 1.47 bits per heavy atom. The molecule has 0 saturated carbocycles. The molecule has 0 aliphatic heterocycles. The van der Waals surface area contributed by atoms with E-state index in [1.807, 2.05) is 0 Å². The van der Waals surface area contributed by atoms with E-state index in [0.717, 1.165) is 17.9 Å². The van der Waals surface area contributed by atoms with Gasteiger partial charge in [-0.15, -0.1) is 0 Å². The van der Waals surface area contributed by atoms with Gasteiger partial charge < -0.3 is 16.2 Å². The Morgan fingerprint density at radius 3 is 2.89 bits per heavy atom. The number of halogens is 2. The lowest BCUT2D eigenvalue weighted by molar-refractivity contribution is 0.0955. The van der Waals surface area contributed by atoms with Crippen molar-refractivity contribution in [1.82, 2.24) is 5.32 Å². The van der Waals surface area contributed by atoms with E-state index in [2.05, 4.69) is 21.2 Å². The second-order valence-corrected chi connectivity index (χ2v) is 5.88. The van der Waals surface area contributed by atoms with Gasteiger partial charge in [0.1, 0.15) is 5.82 Å². The first kappa shape index (κ1) is 16.3. The topological polar surface area (TPSA) is 75.4 Å². The molecule has 0 aliphatic carbocycles. The first-order valence-corrected chi connectivity index (χ1v) is 7.72. The molecule has 19 heavy (non-hydrogen) atoms. The highest BCUT2D eigenvalue weighted by Crippen LogP contribution is 2.22. The highest BCUT2D eigenvalue weighted by Gasteiger charge is 2.12. The van der Waals surface area contributed by atoms with E-state index in [1.165, 1.54) is 12.1 Å². The molecule has 4 N–H and O–H groups in total. The molecule has 106 valence electrons. The number of nitrogens with one attached hydrogen (secondary N) is 1. The third kappa shape index (κ3) is 5.38. The summed E-state index contributed by atoms with van der Waals surface area (Å²) in [5.74, 6) is 0.781. The number of nitrogen functional groups attached to an aromatic ring is 1. The SMILES string of the molecule is Nc1cc(C(=O)NCCSCCCO)c(Br)cc1F. The van der Waals surface area contributed by atoms with Crippen LogP contribution in [0.4, 0.5) is 10.1 Å². The number of benzene rings is 1. The zero-order valence-corrected chi connectivity index (χ0v) is 12.7. The second kappa shape index (κ2) is 8.39. The number of anilines is 1. The summed E-state index contributed by atoms with van der Waals surface area (Å²) in [6, 6.07) is 2.49. The van der Waals surface area contributed by atoms with Crippen molar-refractivity contribution >= 4 is 39.3 Å². The van der Waals surface area contributed by atoms with Crippen LogP contribution in [0.2, 0.25) is 0 Å². The summed E-state index contributed by atoms with van der Waals surface area (Å²) in [4.78, 5) is 11.8. The van der Waals surface area contributed by atoms with E-state index >= 15 is 0 Å². The van der Waals surface area contributed by atoms with Gasteiger partial charge in [-0.05, 0) is 40.2 Å². The number of aliphatic hydroxyl groups excluding tert-OH is 1. The summed E-state index contributed by atoms with van der Waals surface area (Å²) in [7, 11) is 0. The molecule has 1 rings (SSSR count). The molecule has 0 aromatic heterocycles. The van der Waals surface area contributed by atoms with E-state index in [9.17, 15) is 9.18 Å². The van der Waals surface area contributed by atoms with Crippen molar-refractivity contribution in [3.05, 3.63) is 28.0 Å². The molecule has 0 spiro atoms. The largest absolute Gasteiger partial charge is 0.396 e. The average Bonchev–Trinajstić information content (AvgIpc) is 2.37. The standard InChI is InChI=1S/C12H16BrFN2O2S/c13-9-7-10(14)11(15)6-8(9)12(18)16-2-5-19-4-1-3-17/h6-7,17H,1-5,15H2,(H,16,18). The first-order chi connectivity index (χ1) is 9.06.